The van der Waals surface area contributed by atoms with Crippen LogP contribution in [0.5, 0.6) is 0 Å². The first-order valence-corrected chi connectivity index (χ1v) is 6.22. The second kappa shape index (κ2) is 4.85. The lowest BCUT2D eigenvalue weighted by molar-refractivity contribution is -0.388. The van der Waals surface area contributed by atoms with Crippen molar-refractivity contribution in [1.29, 1.82) is 0 Å². The van der Waals surface area contributed by atoms with Crippen molar-refractivity contribution >= 4 is 21.7 Å². The number of nitro groups is 1. The van der Waals surface area contributed by atoms with E-state index in [-0.39, 0.29) is 23.1 Å². The van der Waals surface area contributed by atoms with Crippen LogP contribution in [0.2, 0.25) is 0 Å². The molecule has 0 unspecified atom stereocenters. The number of aromatic amines is 1. The van der Waals surface area contributed by atoms with E-state index in [0.29, 0.717) is 5.56 Å². The van der Waals surface area contributed by atoms with Crippen LogP contribution in [-0.4, -0.2) is 25.3 Å². The van der Waals surface area contributed by atoms with Crippen molar-refractivity contribution in [3.8, 4) is 22.8 Å². The normalized spacial score (nSPS) is 10.7. The number of halogens is 1. The number of rotatable bonds is 3. The zero-order chi connectivity index (χ0) is 14.1. The van der Waals surface area contributed by atoms with Gasteiger partial charge in [-0.1, -0.05) is 32.3 Å². The molecule has 9 heteroatoms. The van der Waals surface area contributed by atoms with E-state index >= 15 is 0 Å². The van der Waals surface area contributed by atoms with Gasteiger partial charge in [-0.25, -0.2) is 0 Å². The first kappa shape index (κ1) is 12.5. The molecule has 0 saturated heterocycles. The minimum atomic E-state index is -0.586. The molecular weight excluding hydrogens is 330 g/mol. The molecule has 0 aliphatic rings. The highest BCUT2D eigenvalue weighted by atomic mass is 79.9. The molecule has 3 rings (SSSR count). The summed E-state index contributed by atoms with van der Waals surface area (Å²) >= 11 is 3.34. The average Bonchev–Trinajstić information content (AvgIpc) is 3.07. The summed E-state index contributed by atoms with van der Waals surface area (Å²) in [7, 11) is 0. The van der Waals surface area contributed by atoms with Gasteiger partial charge in [-0.2, -0.15) is 4.98 Å². The highest BCUT2D eigenvalue weighted by molar-refractivity contribution is 9.10. The van der Waals surface area contributed by atoms with Crippen molar-refractivity contribution in [2.45, 2.75) is 0 Å². The van der Waals surface area contributed by atoms with Gasteiger partial charge >= 0.3 is 5.82 Å². The summed E-state index contributed by atoms with van der Waals surface area (Å²) in [4.78, 5) is 14.4. The van der Waals surface area contributed by atoms with Crippen LogP contribution in [0, 0.1) is 10.1 Å². The first-order valence-electron chi connectivity index (χ1n) is 5.43. The Morgan fingerprint density at radius 3 is 3.00 bits per heavy atom. The predicted octanol–water partition coefficient (Wildman–Crippen LogP) is 2.80. The van der Waals surface area contributed by atoms with Gasteiger partial charge in [0.1, 0.15) is 5.56 Å². The number of hydrogen-bond donors (Lipinski definition) is 1. The maximum Gasteiger partial charge on any atom is 0.353 e. The van der Waals surface area contributed by atoms with Crippen molar-refractivity contribution in [2.24, 2.45) is 0 Å². The van der Waals surface area contributed by atoms with Gasteiger partial charge in [-0.15, -0.1) is 5.10 Å². The number of aromatic nitrogens is 4. The molecule has 0 radical (unpaired) electrons. The summed E-state index contributed by atoms with van der Waals surface area (Å²) in [5, 5.41) is 20.5. The summed E-state index contributed by atoms with van der Waals surface area (Å²) in [5.74, 6) is 0.115. The molecule has 0 fully saturated rings. The summed E-state index contributed by atoms with van der Waals surface area (Å²) in [6.45, 7) is 0. The third-order valence-corrected chi connectivity index (χ3v) is 3.03. The molecule has 3 aromatic rings. The monoisotopic (exact) mass is 335 g/mol. The van der Waals surface area contributed by atoms with E-state index in [1.54, 1.807) is 12.1 Å². The summed E-state index contributed by atoms with van der Waals surface area (Å²) in [6, 6.07) is 7.29. The SMILES string of the molecule is O=[N+]([O-])c1[nH]ncc1-c1noc(-c2cccc(Br)c2)n1. The van der Waals surface area contributed by atoms with E-state index in [2.05, 4.69) is 36.3 Å². The van der Waals surface area contributed by atoms with E-state index in [1.165, 1.54) is 6.20 Å². The third kappa shape index (κ3) is 2.18. The maximum atomic E-state index is 10.8. The quantitative estimate of drug-likeness (QED) is 0.581. The van der Waals surface area contributed by atoms with E-state index in [4.69, 9.17) is 4.52 Å². The molecule has 0 bridgehead atoms. The molecule has 0 amide bonds. The Balaban J connectivity index is 2.02. The number of nitrogens with zero attached hydrogens (tertiary/aromatic N) is 4. The molecule has 0 aliphatic heterocycles. The Labute approximate surface area is 120 Å². The van der Waals surface area contributed by atoms with Crippen LogP contribution < -0.4 is 0 Å². The summed E-state index contributed by atoms with van der Waals surface area (Å²) < 4.78 is 5.98. The van der Waals surface area contributed by atoms with Crippen LogP contribution >= 0.6 is 15.9 Å². The van der Waals surface area contributed by atoms with Crippen LogP contribution in [-0.2, 0) is 0 Å². The van der Waals surface area contributed by atoms with Crippen molar-refractivity contribution in [3.63, 3.8) is 0 Å². The van der Waals surface area contributed by atoms with Crippen molar-refractivity contribution in [3.05, 3.63) is 45.0 Å². The number of hydrogen-bond acceptors (Lipinski definition) is 6. The standard InChI is InChI=1S/C11H6BrN5O3/c12-7-3-1-2-6(4-7)11-14-9(16-20-11)8-5-13-15-10(8)17(18)19/h1-5H,(H,13,15). The highest BCUT2D eigenvalue weighted by Gasteiger charge is 2.22. The minimum Gasteiger partial charge on any atom is -0.358 e. The molecular formula is C11H6BrN5O3. The Morgan fingerprint density at radius 2 is 2.25 bits per heavy atom. The highest BCUT2D eigenvalue weighted by Crippen LogP contribution is 2.28. The fourth-order valence-corrected chi connectivity index (χ4v) is 2.05. The van der Waals surface area contributed by atoms with E-state index < -0.39 is 4.92 Å². The molecule has 8 nitrogen and oxygen atoms in total. The zero-order valence-electron chi connectivity index (χ0n) is 9.78. The van der Waals surface area contributed by atoms with Gasteiger partial charge in [0.15, 0.2) is 0 Å². The minimum absolute atomic E-state index is 0.112. The summed E-state index contributed by atoms with van der Waals surface area (Å²) in [6.07, 6.45) is 1.29. The second-order valence-electron chi connectivity index (χ2n) is 3.82. The van der Waals surface area contributed by atoms with Crippen LogP contribution in [0.4, 0.5) is 5.82 Å². The van der Waals surface area contributed by atoms with Crippen molar-refractivity contribution < 1.29 is 9.45 Å². The molecule has 100 valence electrons. The molecule has 2 aromatic heterocycles. The van der Waals surface area contributed by atoms with Crippen molar-refractivity contribution in [1.82, 2.24) is 20.3 Å². The molecule has 0 atom stereocenters. The second-order valence-corrected chi connectivity index (χ2v) is 4.74. The number of H-pyrrole nitrogens is 1. The van der Waals surface area contributed by atoms with Gasteiger partial charge in [0.25, 0.3) is 5.89 Å². The maximum absolute atomic E-state index is 10.8. The lowest BCUT2D eigenvalue weighted by atomic mass is 10.2. The fraction of sp³-hybridized carbons (Fsp3) is 0. The van der Waals surface area contributed by atoms with Crippen LogP contribution in [0.3, 0.4) is 0 Å². The van der Waals surface area contributed by atoms with Crippen molar-refractivity contribution in [2.75, 3.05) is 0 Å². The van der Waals surface area contributed by atoms with Crippen LogP contribution in [0.25, 0.3) is 22.8 Å². The third-order valence-electron chi connectivity index (χ3n) is 2.54. The van der Waals surface area contributed by atoms with Gasteiger partial charge in [0.2, 0.25) is 5.82 Å². The lowest BCUT2D eigenvalue weighted by Gasteiger charge is -1.94. The fourth-order valence-electron chi connectivity index (χ4n) is 1.65. The Bertz CT molecular complexity index is 782. The molecule has 0 saturated carbocycles. The van der Waals surface area contributed by atoms with E-state index in [9.17, 15) is 10.1 Å². The molecule has 2 heterocycles. The zero-order valence-corrected chi connectivity index (χ0v) is 11.4. The Morgan fingerprint density at radius 1 is 1.40 bits per heavy atom. The van der Waals surface area contributed by atoms with Gasteiger partial charge in [0, 0.05) is 10.0 Å². The predicted molar refractivity (Wildman–Crippen MR) is 71.7 cm³/mol. The first-order chi connectivity index (χ1) is 9.65. The van der Waals surface area contributed by atoms with Gasteiger partial charge in [-0.3, -0.25) is 0 Å². The molecule has 0 spiro atoms. The van der Waals surface area contributed by atoms with E-state index in [0.717, 1.165) is 4.47 Å². The smallest absolute Gasteiger partial charge is 0.353 e. The van der Waals surface area contributed by atoms with E-state index in [1.807, 2.05) is 12.1 Å². The Hall–Kier alpha value is -2.55. The van der Waals surface area contributed by atoms with Gasteiger partial charge in [-0.05, 0) is 23.1 Å². The summed E-state index contributed by atoms with van der Waals surface area (Å²) in [5.41, 5.74) is 0.893. The molecule has 20 heavy (non-hydrogen) atoms. The van der Waals surface area contributed by atoms with Gasteiger partial charge < -0.3 is 14.6 Å². The van der Waals surface area contributed by atoms with Crippen LogP contribution in [0.1, 0.15) is 0 Å². The molecule has 0 aliphatic carbocycles. The van der Waals surface area contributed by atoms with Crippen LogP contribution in [0.15, 0.2) is 39.5 Å². The molecule has 1 aromatic carbocycles. The molecule has 1 N–H and O–H groups in total. The number of benzene rings is 1. The van der Waals surface area contributed by atoms with Gasteiger partial charge in [0.05, 0.1) is 6.20 Å². The lowest BCUT2D eigenvalue weighted by Crippen LogP contribution is -1.91. The average molecular weight is 336 g/mol. The Kier molecular flexibility index (Phi) is 3.03. The topological polar surface area (TPSA) is 111 Å². The number of nitrogens with one attached hydrogen (secondary N) is 1. The largest absolute Gasteiger partial charge is 0.358 e.